The SMILES string of the molecule is Cc1ccc(Cc2ccncc2)s1. The molecule has 0 saturated heterocycles. The van der Waals surface area contributed by atoms with Crippen molar-refractivity contribution in [1.29, 1.82) is 0 Å². The van der Waals surface area contributed by atoms with Crippen LogP contribution in [0, 0.1) is 6.92 Å². The zero-order valence-electron chi connectivity index (χ0n) is 7.53. The summed E-state index contributed by atoms with van der Waals surface area (Å²) in [4.78, 5) is 6.79. The second-order valence-corrected chi connectivity index (χ2v) is 4.42. The van der Waals surface area contributed by atoms with Crippen LogP contribution in [0.25, 0.3) is 0 Å². The predicted molar refractivity (Wildman–Crippen MR) is 56.1 cm³/mol. The van der Waals surface area contributed by atoms with Crippen molar-refractivity contribution >= 4 is 11.3 Å². The minimum Gasteiger partial charge on any atom is -0.265 e. The Morgan fingerprint density at radius 3 is 2.54 bits per heavy atom. The topological polar surface area (TPSA) is 12.9 Å². The smallest absolute Gasteiger partial charge is 0.0270 e. The number of aryl methyl sites for hydroxylation is 1. The van der Waals surface area contributed by atoms with Gasteiger partial charge in [0.15, 0.2) is 0 Å². The second-order valence-electron chi connectivity index (χ2n) is 3.04. The van der Waals surface area contributed by atoms with Crippen molar-refractivity contribution in [3.63, 3.8) is 0 Å². The maximum atomic E-state index is 4.00. The molecule has 0 spiro atoms. The summed E-state index contributed by atoms with van der Waals surface area (Å²) < 4.78 is 0. The number of hydrogen-bond acceptors (Lipinski definition) is 2. The third-order valence-corrected chi connectivity index (χ3v) is 2.92. The van der Waals surface area contributed by atoms with Crippen LogP contribution >= 0.6 is 11.3 Å². The molecule has 2 heteroatoms. The van der Waals surface area contributed by atoms with Gasteiger partial charge in [-0.25, -0.2) is 0 Å². The zero-order valence-corrected chi connectivity index (χ0v) is 8.34. The summed E-state index contributed by atoms with van der Waals surface area (Å²) in [5, 5.41) is 0. The van der Waals surface area contributed by atoms with Gasteiger partial charge in [-0.3, -0.25) is 4.98 Å². The minimum absolute atomic E-state index is 1.03. The lowest BCUT2D eigenvalue weighted by Crippen LogP contribution is -1.83. The van der Waals surface area contributed by atoms with Crippen LogP contribution in [0.15, 0.2) is 36.7 Å². The van der Waals surface area contributed by atoms with Crippen molar-refractivity contribution in [2.75, 3.05) is 0 Å². The van der Waals surface area contributed by atoms with Crippen LogP contribution in [0.2, 0.25) is 0 Å². The highest BCUT2D eigenvalue weighted by atomic mass is 32.1. The standard InChI is InChI=1S/C11H11NS/c1-9-2-3-11(13-9)8-10-4-6-12-7-5-10/h2-7H,8H2,1H3. The summed E-state index contributed by atoms with van der Waals surface area (Å²) >= 11 is 1.86. The minimum atomic E-state index is 1.03. The monoisotopic (exact) mass is 189 g/mol. The van der Waals surface area contributed by atoms with Gasteiger partial charge in [0.1, 0.15) is 0 Å². The van der Waals surface area contributed by atoms with E-state index in [1.165, 1.54) is 15.3 Å². The molecule has 0 aliphatic carbocycles. The highest BCUT2D eigenvalue weighted by Crippen LogP contribution is 2.18. The third kappa shape index (κ3) is 2.16. The molecule has 13 heavy (non-hydrogen) atoms. The first kappa shape index (κ1) is 8.45. The van der Waals surface area contributed by atoms with Gasteiger partial charge in [-0.15, -0.1) is 11.3 Å². The van der Waals surface area contributed by atoms with Crippen molar-refractivity contribution in [2.24, 2.45) is 0 Å². The molecule has 0 amide bonds. The van der Waals surface area contributed by atoms with Crippen molar-refractivity contribution in [3.8, 4) is 0 Å². The molecule has 2 aromatic heterocycles. The highest BCUT2D eigenvalue weighted by Gasteiger charge is 1.97. The number of thiophene rings is 1. The Labute approximate surface area is 82.1 Å². The van der Waals surface area contributed by atoms with Gasteiger partial charge in [0.25, 0.3) is 0 Å². The Morgan fingerprint density at radius 1 is 1.15 bits per heavy atom. The van der Waals surface area contributed by atoms with E-state index in [1.807, 2.05) is 23.7 Å². The van der Waals surface area contributed by atoms with Gasteiger partial charge in [0, 0.05) is 28.6 Å². The fourth-order valence-electron chi connectivity index (χ4n) is 1.28. The van der Waals surface area contributed by atoms with Crippen LogP contribution in [0.5, 0.6) is 0 Å². The lowest BCUT2D eigenvalue weighted by atomic mass is 10.2. The van der Waals surface area contributed by atoms with E-state index in [0.29, 0.717) is 0 Å². The van der Waals surface area contributed by atoms with E-state index in [1.54, 1.807) is 0 Å². The Balaban J connectivity index is 2.15. The molecule has 0 unspecified atom stereocenters. The van der Waals surface area contributed by atoms with E-state index in [9.17, 15) is 0 Å². The third-order valence-electron chi connectivity index (χ3n) is 1.92. The molecule has 0 atom stereocenters. The maximum Gasteiger partial charge on any atom is 0.0270 e. The largest absolute Gasteiger partial charge is 0.265 e. The number of aromatic nitrogens is 1. The molecule has 0 fully saturated rings. The molecule has 0 aliphatic heterocycles. The number of nitrogens with zero attached hydrogens (tertiary/aromatic N) is 1. The lowest BCUT2D eigenvalue weighted by Gasteiger charge is -1.96. The Morgan fingerprint density at radius 2 is 1.92 bits per heavy atom. The predicted octanol–water partition coefficient (Wildman–Crippen LogP) is 3.04. The molecule has 0 saturated carbocycles. The fourth-order valence-corrected chi connectivity index (χ4v) is 2.21. The van der Waals surface area contributed by atoms with E-state index in [0.717, 1.165) is 6.42 Å². The summed E-state index contributed by atoms with van der Waals surface area (Å²) in [5.74, 6) is 0. The molecule has 0 aromatic carbocycles. The van der Waals surface area contributed by atoms with E-state index in [2.05, 4.69) is 36.2 Å². The van der Waals surface area contributed by atoms with Crippen molar-refractivity contribution in [3.05, 3.63) is 52.0 Å². The van der Waals surface area contributed by atoms with Crippen molar-refractivity contribution < 1.29 is 0 Å². The number of pyridine rings is 1. The van der Waals surface area contributed by atoms with Gasteiger partial charge < -0.3 is 0 Å². The molecule has 2 rings (SSSR count). The Bertz CT molecular complexity index is 378. The summed E-state index contributed by atoms with van der Waals surface area (Å²) in [7, 11) is 0. The Hall–Kier alpha value is -1.15. The van der Waals surface area contributed by atoms with Crippen LogP contribution in [-0.4, -0.2) is 4.98 Å². The molecular weight excluding hydrogens is 178 g/mol. The Kier molecular flexibility index (Phi) is 2.41. The van der Waals surface area contributed by atoms with E-state index in [-0.39, 0.29) is 0 Å². The van der Waals surface area contributed by atoms with Crippen LogP contribution in [-0.2, 0) is 6.42 Å². The van der Waals surface area contributed by atoms with E-state index >= 15 is 0 Å². The molecule has 1 nitrogen and oxygen atoms in total. The van der Waals surface area contributed by atoms with Crippen molar-refractivity contribution in [2.45, 2.75) is 13.3 Å². The summed E-state index contributed by atoms with van der Waals surface area (Å²) in [6.45, 7) is 2.14. The quantitative estimate of drug-likeness (QED) is 0.707. The maximum absolute atomic E-state index is 4.00. The second kappa shape index (κ2) is 3.71. The average molecular weight is 189 g/mol. The fraction of sp³-hybridized carbons (Fsp3) is 0.182. The van der Waals surface area contributed by atoms with Gasteiger partial charge >= 0.3 is 0 Å². The molecular formula is C11H11NS. The van der Waals surface area contributed by atoms with Gasteiger partial charge in [-0.05, 0) is 36.8 Å². The van der Waals surface area contributed by atoms with Crippen LogP contribution in [0.4, 0.5) is 0 Å². The first-order valence-electron chi connectivity index (χ1n) is 4.29. The summed E-state index contributed by atoms with van der Waals surface area (Å²) in [6, 6.07) is 8.49. The molecule has 0 aliphatic rings. The number of rotatable bonds is 2. The molecule has 0 N–H and O–H groups in total. The lowest BCUT2D eigenvalue weighted by molar-refractivity contribution is 1.19. The summed E-state index contributed by atoms with van der Waals surface area (Å²) in [5.41, 5.74) is 1.33. The number of hydrogen-bond donors (Lipinski definition) is 0. The normalized spacial score (nSPS) is 10.2. The van der Waals surface area contributed by atoms with Crippen LogP contribution < -0.4 is 0 Å². The molecule has 2 aromatic rings. The highest BCUT2D eigenvalue weighted by molar-refractivity contribution is 7.11. The summed E-state index contributed by atoms with van der Waals surface area (Å²) in [6.07, 6.45) is 4.71. The zero-order chi connectivity index (χ0) is 9.10. The first-order valence-corrected chi connectivity index (χ1v) is 5.10. The molecule has 0 radical (unpaired) electrons. The molecule has 0 bridgehead atoms. The van der Waals surface area contributed by atoms with Gasteiger partial charge in [0.05, 0.1) is 0 Å². The average Bonchev–Trinajstić information content (AvgIpc) is 2.53. The van der Waals surface area contributed by atoms with E-state index < -0.39 is 0 Å². The molecule has 66 valence electrons. The van der Waals surface area contributed by atoms with Crippen LogP contribution in [0.3, 0.4) is 0 Å². The van der Waals surface area contributed by atoms with Gasteiger partial charge in [-0.2, -0.15) is 0 Å². The molecule has 2 heterocycles. The van der Waals surface area contributed by atoms with Gasteiger partial charge in [0.2, 0.25) is 0 Å². The van der Waals surface area contributed by atoms with Crippen molar-refractivity contribution in [1.82, 2.24) is 4.98 Å². The first-order chi connectivity index (χ1) is 6.34. The van der Waals surface area contributed by atoms with E-state index in [4.69, 9.17) is 0 Å². The van der Waals surface area contributed by atoms with Crippen LogP contribution in [0.1, 0.15) is 15.3 Å². The van der Waals surface area contributed by atoms with Gasteiger partial charge in [-0.1, -0.05) is 0 Å².